The van der Waals surface area contributed by atoms with E-state index in [1.807, 2.05) is 43.3 Å². The number of benzene rings is 2. The van der Waals surface area contributed by atoms with Crippen LogP contribution in [0.3, 0.4) is 0 Å². The molecule has 0 saturated carbocycles. The van der Waals surface area contributed by atoms with Crippen LogP contribution in [0.4, 0.5) is 0 Å². The van der Waals surface area contributed by atoms with Gasteiger partial charge in [0.1, 0.15) is 18.1 Å². The lowest BCUT2D eigenvalue weighted by atomic mass is 9.95. The quantitative estimate of drug-likeness (QED) is 0.561. The van der Waals surface area contributed by atoms with Crippen molar-refractivity contribution in [2.45, 2.75) is 0 Å². The van der Waals surface area contributed by atoms with E-state index in [1.165, 1.54) is 12.1 Å². The van der Waals surface area contributed by atoms with Crippen molar-refractivity contribution in [1.29, 1.82) is 0 Å². The van der Waals surface area contributed by atoms with E-state index in [0.29, 0.717) is 30.0 Å². The van der Waals surface area contributed by atoms with E-state index in [4.69, 9.17) is 4.74 Å². The van der Waals surface area contributed by atoms with Crippen molar-refractivity contribution < 1.29 is 19.4 Å². The second kappa shape index (κ2) is 7.44. The number of carbonyl (C=O) groups is 2. The first-order valence-corrected chi connectivity index (χ1v) is 9.22. The number of rotatable bonds is 6. The minimum absolute atomic E-state index is 0.0414. The van der Waals surface area contributed by atoms with Gasteiger partial charge < -0.3 is 19.7 Å². The number of ether oxygens (including phenoxy) is 1. The summed E-state index contributed by atoms with van der Waals surface area (Å²) in [6.45, 7) is 1.13. The monoisotopic (exact) mass is 391 g/mol. The molecule has 7 heteroatoms. The van der Waals surface area contributed by atoms with E-state index in [1.54, 1.807) is 12.3 Å². The molecular weight excluding hydrogens is 370 g/mol. The third-order valence-electron chi connectivity index (χ3n) is 4.78. The Morgan fingerprint density at radius 1 is 1.03 bits per heavy atom. The van der Waals surface area contributed by atoms with Crippen LogP contribution in [-0.2, 0) is 9.59 Å². The van der Waals surface area contributed by atoms with Crippen molar-refractivity contribution in [3.63, 3.8) is 0 Å². The Bertz CT molecular complexity index is 1140. The van der Waals surface area contributed by atoms with Gasteiger partial charge in [-0.05, 0) is 37.9 Å². The molecule has 1 aliphatic rings. The van der Waals surface area contributed by atoms with E-state index in [2.05, 4.69) is 10.3 Å². The standard InChI is InChI=1S/C22H21N3O4/c1-25(2)7-8-29-15-10-13(9-14(26)11-15)19-20(22(28)24-21(19)27)17-12-23-18-6-4-3-5-16(17)18/h3-6,9-12,23,26H,7-8H2,1-2H3,(H,24,27,28). The van der Waals surface area contributed by atoms with Crippen molar-refractivity contribution in [2.24, 2.45) is 0 Å². The molecule has 0 aliphatic carbocycles. The number of likely N-dealkylation sites (N-methyl/N-ethyl adjacent to an activating group) is 1. The number of H-pyrrole nitrogens is 1. The zero-order chi connectivity index (χ0) is 20.5. The molecule has 29 heavy (non-hydrogen) atoms. The SMILES string of the molecule is CN(C)CCOc1cc(O)cc(C2=C(c3c[nH]c4ccccc34)C(=O)NC2=O)c1. The number of fused-ring (bicyclic) bond motifs is 1. The lowest BCUT2D eigenvalue weighted by molar-refractivity contribution is -0.122. The maximum Gasteiger partial charge on any atom is 0.259 e. The van der Waals surface area contributed by atoms with E-state index >= 15 is 0 Å². The molecule has 0 atom stereocenters. The minimum Gasteiger partial charge on any atom is -0.508 e. The van der Waals surface area contributed by atoms with Crippen LogP contribution in [0.25, 0.3) is 22.0 Å². The Kier molecular flexibility index (Phi) is 4.82. The highest BCUT2D eigenvalue weighted by molar-refractivity contribution is 6.50. The molecule has 0 radical (unpaired) electrons. The zero-order valence-electron chi connectivity index (χ0n) is 16.2. The average Bonchev–Trinajstić information content (AvgIpc) is 3.20. The molecule has 3 aromatic rings. The number of hydrogen-bond acceptors (Lipinski definition) is 5. The summed E-state index contributed by atoms with van der Waals surface area (Å²) in [7, 11) is 3.87. The van der Waals surface area contributed by atoms with Crippen LogP contribution in [0.5, 0.6) is 11.5 Å². The Morgan fingerprint density at radius 2 is 1.79 bits per heavy atom. The molecule has 7 nitrogen and oxygen atoms in total. The molecule has 2 heterocycles. The topological polar surface area (TPSA) is 94.7 Å². The number of phenolic OH excluding ortho intramolecular Hbond substituents is 1. The number of aromatic nitrogens is 1. The molecule has 1 aliphatic heterocycles. The molecule has 148 valence electrons. The number of hydrogen-bond donors (Lipinski definition) is 3. The van der Waals surface area contributed by atoms with Crippen LogP contribution in [0, 0.1) is 0 Å². The normalized spacial score (nSPS) is 14.2. The number of nitrogens with one attached hydrogen (secondary N) is 2. The lowest BCUT2D eigenvalue weighted by Gasteiger charge is -2.12. The van der Waals surface area contributed by atoms with Crippen LogP contribution in [0.2, 0.25) is 0 Å². The van der Waals surface area contributed by atoms with Crippen molar-refractivity contribution in [3.05, 3.63) is 59.8 Å². The lowest BCUT2D eigenvalue weighted by Crippen LogP contribution is -2.22. The van der Waals surface area contributed by atoms with Gasteiger partial charge in [-0.15, -0.1) is 0 Å². The summed E-state index contributed by atoms with van der Waals surface area (Å²) >= 11 is 0. The van der Waals surface area contributed by atoms with Crippen molar-refractivity contribution in [2.75, 3.05) is 27.2 Å². The second-order valence-electron chi connectivity index (χ2n) is 7.15. The summed E-state index contributed by atoms with van der Waals surface area (Å²) in [5.41, 5.74) is 2.42. The van der Waals surface area contributed by atoms with Crippen LogP contribution >= 0.6 is 0 Å². The Hall–Kier alpha value is -3.58. The van der Waals surface area contributed by atoms with Crippen LogP contribution < -0.4 is 10.1 Å². The van der Waals surface area contributed by atoms with Gasteiger partial charge in [0.05, 0.1) is 11.1 Å². The third-order valence-corrected chi connectivity index (χ3v) is 4.78. The summed E-state index contributed by atoms with van der Waals surface area (Å²) in [5, 5.41) is 13.4. The highest BCUT2D eigenvalue weighted by atomic mass is 16.5. The van der Waals surface area contributed by atoms with Crippen molar-refractivity contribution in [1.82, 2.24) is 15.2 Å². The summed E-state index contributed by atoms with van der Waals surface area (Å²) in [4.78, 5) is 30.4. The fraction of sp³-hybridized carbons (Fsp3) is 0.182. The Morgan fingerprint density at radius 3 is 2.59 bits per heavy atom. The molecule has 4 rings (SSSR count). The summed E-state index contributed by atoms with van der Waals surface area (Å²) in [5.74, 6) is -0.576. The fourth-order valence-corrected chi connectivity index (χ4v) is 3.42. The molecule has 0 fully saturated rings. The molecule has 2 aromatic carbocycles. The first-order valence-electron chi connectivity index (χ1n) is 9.22. The number of phenols is 1. The van der Waals surface area contributed by atoms with Gasteiger partial charge in [0, 0.05) is 35.3 Å². The molecule has 0 spiro atoms. The molecule has 0 unspecified atom stereocenters. The summed E-state index contributed by atoms with van der Waals surface area (Å²) < 4.78 is 5.71. The molecule has 1 aromatic heterocycles. The Balaban J connectivity index is 1.81. The number of nitrogens with zero attached hydrogens (tertiary/aromatic N) is 1. The molecule has 0 saturated heterocycles. The van der Waals surface area contributed by atoms with Gasteiger partial charge in [-0.2, -0.15) is 0 Å². The number of amides is 2. The van der Waals surface area contributed by atoms with Crippen LogP contribution in [-0.4, -0.2) is 54.1 Å². The number of aromatic amines is 1. The first kappa shape index (κ1) is 18.8. The van der Waals surface area contributed by atoms with Gasteiger partial charge in [-0.3, -0.25) is 14.9 Å². The zero-order valence-corrected chi connectivity index (χ0v) is 16.2. The number of carbonyl (C=O) groups excluding carboxylic acids is 2. The predicted octanol–water partition coefficient (Wildman–Crippen LogP) is 2.38. The molecule has 0 bridgehead atoms. The summed E-state index contributed by atoms with van der Waals surface area (Å²) in [6, 6.07) is 12.2. The van der Waals surface area contributed by atoms with Gasteiger partial charge in [-0.25, -0.2) is 0 Å². The van der Waals surface area contributed by atoms with Crippen molar-refractivity contribution in [3.8, 4) is 11.5 Å². The van der Waals surface area contributed by atoms with E-state index in [9.17, 15) is 14.7 Å². The molecule has 3 N–H and O–H groups in total. The smallest absolute Gasteiger partial charge is 0.259 e. The highest BCUT2D eigenvalue weighted by Crippen LogP contribution is 2.37. The maximum absolute atomic E-state index is 12.6. The van der Waals surface area contributed by atoms with Crippen LogP contribution in [0.15, 0.2) is 48.7 Å². The number of aromatic hydroxyl groups is 1. The van der Waals surface area contributed by atoms with E-state index in [-0.39, 0.29) is 16.9 Å². The number of imide groups is 1. The highest BCUT2D eigenvalue weighted by Gasteiger charge is 2.33. The Labute approximate surface area is 167 Å². The maximum atomic E-state index is 12.6. The fourth-order valence-electron chi connectivity index (χ4n) is 3.42. The van der Waals surface area contributed by atoms with Gasteiger partial charge in [0.25, 0.3) is 11.8 Å². The minimum atomic E-state index is -0.500. The molecular formula is C22H21N3O4. The second-order valence-corrected chi connectivity index (χ2v) is 7.15. The summed E-state index contributed by atoms with van der Waals surface area (Å²) in [6.07, 6.45) is 1.72. The first-order chi connectivity index (χ1) is 13.9. The van der Waals surface area contributed by atoms with Gasteiger partial charge in [-0.1, -0.05) is 18.2 Å². The third kappa shape index (κ3) is 3.60. The predicted molar refractivity (Wildman–Crippen MR) is 110 cm³/mol. The van der Waals surface area contributed by atoms with Gasteiger partial charge >= 0.3 is 0 Å². The van der Waals surface area contributed by atoms with E-state index < -0.39 is 11.8 Å². The van der Waals surface area contributed by atoms with Crippen LogP contribution in [0.1, 0.15) is 11.1 Å². The van der Waals surface area contributed by atoms with E-state index in [0.717, 1.165) is 10.9 Å². The average molecular weight is 391 g/mol. The largest absolute Gasteiger partial charge is 0.508 e. The molecule has 2 amide bonds. The van der Waals surface area contributed by atoms with Gasteiger partial charge in [0.2, 0.25) is 0 Å². The van der Waals surface area contributed by atoms with Crippen molar-refractivity contribution >= 4 is 33.9 Å². The van der Waals surface area contributed by atoms with Gasteiger partial charge in [0.15, 0.2) is 0 Å². The number of para-hydroxylation sites is 1.